The van der Waals surface area contributed by atoms with Crippen molar-refractivity contribution in [3.8, 4) is 11.5 Å². The molecule has 1 saturated heterocycles. The second-order valence-corrected chi connectivity index (χ2v) is 8.92. The third-order valence-corrected chi connectivity index (χ3v) is 6.17. The molecule has 0 radical (unpaired) electrons. The second-order valence-electron chi connectivity index (χ2n) is 6.80. The number of methoxy groups -OCH3 is 1. The van der Waals surface area contributed by atoms with Gasteiger partial charge in [0, 0.05) is 5.02 Å². The monoisotopic (exact) mass is 499 g/mol. The first-order valence-electron chi connectivity index (χ1n) is 9.55. The molecule has 1 aliphatic heterocycles. The van der Waals surface area contributed by atoms with Crippen molar-refractivity contribution < 1.29 is 23.5 Å². The molecule has 0 aliphatic carbocycles. The molecule has 1 heterocycles. The minimum absolute atomic E-state index is 0.190. The van der Waals surface area contributed by atoms with Crippen LogP contribution in [0.4, 0.5) is 10.1 Å². The highest BCUT2D eigenvalue weighted by Crippen LogP contribution is 2.38. The SMILES string of the molecule is COc1cc(/C=C2/SC(=S)N(c3cccc(Cl)c3)C2=O)ccc1OC(=O)c1ccc(F)cc1. The van der Waals surface area contributed by atoms with E-state index in [1.807, 2.05) is 0 Å². The van der Waals surface area contributed by atoms with Crippen LogP contribution in [-0.2, 0) is 4.79 Å². The summed E-state index contributed by atoms with van der Waals surface area (Å²) in [5.74, 6) is -0.879. The Morgan fingerprint density at radius 1 is 1.09 bits per heavy atom. The van der Waals surface area contributed by atoms with Gasteiger partial charge in [0.15, 0.2) is 15.8 Å². The molecule has 1 amide bonds. The number of rotatable bonds is 5. The number of carbonyl (C=O) groups excluding carboxylic acids is 2. The summed E-state index contributed by atoms with van der Waals surface area (Å²) in [6, 6.07) is 16.8. The summed E-state index contributed by atoms with van der Waals surface area (Å²) in [6.45, 7) is 0. The molecule has 33 heavy (non-hydrogen) atoms. The number of benzene rings is 3. The zero-order valence-electron chi connectivity index (χ0n) is 17.1. The highest BCUT2D eigenvalue weighted by molar-refractivity contribution is 8.27. The van der Waals surface area contributed by atoms with Crippen molar-refractivity contribution in [2.75, 3.05) is 12.0 Å². The van der Waals surface area contributed by atoms with Gasteiger partial charge in [0.2, 0.25) is 0 Å². The van der Waals surface area contributed by atoms with Crippen molar-refractivity contribution in [3.63, 3.8) is 0 Å². The van der Waals surface area contributed by atoms with Crippen LogP contribution in [-0.4, -0.2) is 23.3 Å². The van der Waals surface area contributed by atoms with Gasteiger partial charge in [-0.2, -0.15) is 0 Å². The maximum absolute atomic E-state index is 13.1. The highest BCUT2D eigenvalue weighted by atomic mass is 35.5. The third kappa shape index (κ3) is 5.08. The minimum Gasteiger partial charge on any atom is -0.493 e. The van der Waals surface area contributed by atoms with Gasteiger partial charge in [-0.15, -0.1) is 0 Å². The summed E-state index contributed by atoms with van der Waals surface area (Å²) in [7, 11) is 1.44. The maximum Gasteiger partial charge on any atom is 0.343 e. The molecular formula is C24H15ClFNO4S2. The smallest absolute Gasteiger partial charge is 0.343 e. The molecule has 0 bridgehead atoms. The number of thioether (sulfide) groups is 1. The molecule has 166 valence electrons. The molecule has 0 unspecified atom stereocenters. The van der Waals surface area contributed by atoms with E-state index in [0.717, 1.165) is 0 Å². The standard InChI is InChI=1S/C24H15ClFNO4S2/c1-30-20-11-14(5-10-19(20)31-23(29)15-6-8-17(26)9-7-15)12-21-22(28)27(24(32)33-21)18-4-2-3-16(25)13-18/h2-13H,1H3/b21-12+. The number of amides is 1. The summed E-state index contributed by atoms with van der Waals surface area (Å²) < 4.78 is 24.2. The Labute approximate surface area is 203 Å². The van der Waals surface area contributed by atoms with Crippen molar-refractivity contribution in [3.05, 3.63) is 93.6 Å². The fourth-order valence-electron chi connectivity index (χ4n) is 3.06. The average Bonchev–Trinajstić information content (AvgIpc) is 3.07. The summed E-state index contributed by atoms with van der Waals surface area (Å²) in [5, 5.41) is 0.501. The van der Waals surface area contributed by atoms with E-state index in [4.69, 9.17) is 33.3 Å². The van der Waals surface area contributed by atoms with E-state index in [9.17, 15) is 14.0 Å². The first kappa shape index (κ1) is 23.0. The van der Waals surface area contributed by atoms with Crippen molar-refractivity contribution in [2.45, 2.75) is 0 Å². The van der Waals surface area contributed by atoms with Crippen LogP contribution in [0.1, 0.15) is 15.9 Å². The van der Waals surface area contributed by atoms with E-state index in [2.05, 4.69) is 0 Å². The van der Waals surface area contributed by atoms with Gasteiger partial charge < -0.3 is 9.47 Å². The number of thiocarbonyl (C=S) groups is 1. The number of hydrogen-bond acceptors (Lipinski definition) is 6. The van der Waals surface area contributed by atoms with Gasteiger partial charge in [-0.1, -0.05) is 47.7 Å². The Morgan fingerprint density at radius 3 is 2.55 bits per heavy atom. The lowest BCUT2D eigenvalue weighted by Crippen LogP contribution is -2.27. The van der Waals surface area contributed by atoms with Crippen LogP contribution >= 0.6 is 35.6 Å². The van der Waals surface area contributed by atoms with Crippen LogP contribution in [0.15, 0.2) is 71.6 Å². The third-order valence-electron chi connectivity index (χ3n) is 4.63. The first-order chi connectivity index (χ1) is 15.9. The van der Waals surface area contributed by atoms with Crippen molar-refractivity contribution in [1.29, 1.82) is 0 Å². The molecular weight excluding hydrogens is 485 g/mol. The van der Waals surface area contributed by atoms with Gasteiger partial charge in [0.1, 0.15) is 5.82 Å². The zero-order valence-corrected chi connectivity index (χ0v) is 19.5. The molecule has 0 N–H and O–H groups in total. The summed E-state index contributed by atoms with van der Waals surface area (Å²) in [5.41, 5.74) is 1.45. The van der Waals surface area contributed by atoms with Gasteiger partial charge in [-0.25, -0.2) is 9.18 Å². The van der Waals surface area contributed by atoms with Crippen LogP contribution in [0, 0.1) is 5.82 Å². The number of esters is 1. The molecule has 0 spiro atoms. The highest BCUT2D eigenvalue weighted by Gasteiger charge is 2.33. The molecule has 0 saturated carbocycles. The number of ether oxygens (including phenoxy) is 2. The molecule has 4 rings (SSSR count). The number of hydrogen-bond donors (Lipinski definition) is 0. The van der Waals surface area contributed by atoms with Crippen molar-refractivity contribution in [1.82, 2.24) is 0 Å². The normalized spacial score (nSPS) is 14.6. The van der Waals surface area contributed by atoms with E-state index in [0.29, 0.717) is 31.2 Å². The Hall–Kier alpha value is -3.20. The summed E-state index contributed by atoms with van der Waals surface area (Å²) in [6.07, 6.45) is 1.68. The molecule has 5 nitrogen and oxygen atoms in total. The molecule has 0 atom stereocenters. The molecule has 1 aliphatic rings. The topological polar surface area (TPSA) is 55.8 Å². The molecule has 3 aromatic rings. The predicted octanol–water partition coefficient (Wildman–Crippen LogP) is 6.11. The van der Waals surface area contributed by atoms with Crippen LogP contribution in [0.3, 0.4) is 0 Å². The van der Waals surface area contributed by atoms with Crippen LogP contribution in [0.25, 0.3) is 6.08 Å². The molecule has 9 heteroatoms. The fraction of sp³-hybridized carbons (Fsp3) is 0.0417. The summed E-state index contributed by atoms with van der Waals surface area (Å²) in [4.78, 5) is 27.2. The van der Waals surface area contributed by atoms with E-state index >= 15 is 0 Å². The lowest BCUT2D eigenvalue weighted by atomic mass is 10.1. The molecule has 0 aromatic heterocycles. The zero-order chi connectivity index (χ0) is 23.5. The van der Waals surface area contributed by atoms with Crippen molar-refractivity contribution >= 4 is 63.5 Å². The van der Waals surface area contributed by atoms with E-state index in [1.165, 1.54) is 48.0 Å². The van der Waals surface area contributed by atoms with Crippen LogP contribution in [0.5, 0.6) is 11.5 Å². The van der Waals surface area contributed by atoms with E-state index in [1.54, 1.807) is 48.5 Å². The van der Waals surface area contributed by atoms with Crippen molar-refractivity contribution in [2.24, 2.45) is 0 Å². The van der Waals surface area contributed by atoms with Gasteiger partial charge in [0.05, 0.1) is 23.3 Å². The molecule has 3 aromatic carbocycles. The van der Waals surface area contributed by atoms with Gasteiger partial charge in [-0.05, 0) is 66.2 Å². The maximum atomic E-state index is 13.1. The Kier molecular flexibility index (Phi) is 6.78. The average molecular weight is 500 g/mol. The quantitative estimate of drug-likeness (QED) is 0.183. The van der Waals surface area contributed by atoms with E-state index < -0.39 is 11.8 Å². The molecule has 1 fully saturated rings. The largest absolute Gasteiger partial charge is 0.493 e. The number of halogens is 2. The minimum atomic E-state index is -0.650. The Morgan fingerprint density at radius 2 is 1.85 bits per heavy atom. The number of nitrogens with zero attached hydrogens (tertiary/aromatic N) is 1. The lowest BCUT2D eigenvalue weighted by molar-refractivity contribution is -0.113. The fourth-order valence-corrected chi connectivity index (χ4v) is 4.54. The first-order valence-corrected chi connectivity index (χ1v) is 11.2. The Balaban J connectivity index is 1.56. The lowest BCUT2D eigenvalue weighted by Gasteiger charge is -2.14. The van der Waals surface area contributed by atoms with E-state index in [-0.39, 0.29) is 17.2 Å². The van der Waals surface area contributed by atoms with Gasteiger partial charge in [-0.3, -0.25) is 9.69 Å². The number of carbonyl (C=O) groups is 2. The van der Waals surface area contributed by atoms with Crippen LogP contribution < -0.4 is 14.4 Å². The summed E-state index contributed by atoms with van der Waals surface area (Å²) >= 11 is 12.6. The second kappa shape index (κ2) is 9.74. The Bertz CT molecular complexity index is 1290. The predicted molar refractivity (Wildman–Crippen MR) is 131 cm³/mol. The van der Waals surface area contributed by atoms with Gasteiger partial charge >= 0.3 is 5.97 Å². The number of anilines is 1. The van der Waals surface area contributed by atoms with Crippen LogP contribution in [0.2, 0.25) is 5.02 Å². The van der Waals surface area contributed by atoms with Gasteiger partial charge in [0.25, 0.3) is 5.91 Å².